The lowest BCUT2D eigenvalue weighted by Gasteiger charge is -2.11. The molecule has 1 amide bonds. The van der Waals surface area contributed by atoms with Crippen molar-refractivity contribution < 1.29 is 31.8 Å². The zero-order valence-electron chi connectivity index (χ0n) is 13.0. The van der Waals surface area contributed by atoms with Crippen molar-refractivity contribution in [2.45, 2.75) is 13.2 Å². The Morgan fingerprint density at radius 1 is 1.04 bits per heavy atom. The zero-order valence-corrected chi connectivity index (χ0v) is 13.7. The summed E-state index contributed by atoms with van der Waals surface area (Å²) in [5.41, 5.74) is 0.440. The third kappa shape index (κ3) is 5.96. The molecule has 0 aliphatic heterocycles. The highest BCUT2D eigenvalue weighted by molar-refractivity contribution is 6.33. The summed E-state index contributed by atoms with van der Waals surface area (Å²) < 4.78 is 57.8. The molecule has 138 valence electrons. The van der Waals surface area contributed by atoms with Crippen LogP contribution in [-0.2, 0) is 4.79 Å². The Hall–Kier alpha value is -2.74. The van der Waals surface area contributed by atoms with Gasteiger partial charge in [-0.2, -0.15) is 17.6 Å². The summed E-state index contributed by atoms with van der Waals surface area (Å²) in [7, 11) is 0. The Morgan fingerprint density at radius 3 is 2.38 bits per heavy atom. The van der Waals surface area contributed by atoms with Gasteiger partial charge in [-0.05, 0) is 30.3 Å². The molecule has 0 saturated heterocycles. The monoisotopic (exact) mass is 389 g/mol. The molecule has 26 heavy (non-hydrogen) atoms. The molecule has 2 aromatic rings. The van der Waals surface area contributed by atoms with E-state index in [1.807, 2.05) is 0 Å². The highest BCUT2D eigenvalue weighted by Crippen LogP contribution is 2.28. The molecule has 0 aromatic heterocycles. The van der Waals surface area contributed by atoms with Crippen molar-refractivity contribution in [3.8, 4) is 11.5 Å². The lowest BCUT2D eigenvalue weighted by atomic mass is 10.1. The van der Waals surface area contributed by atoms with Crippen molar-refractivity contribution in [1.29, 1.82) is 0 Å². The second kappa shape index (κ2) is 9.10. The van der Waals surface area contributed by atoms with Crippen LogP contribution in [0.4, 0.5) is 23.2 Å². The minimum absolute atomic E-state index is 0.0706. The van der Waals surface area contributed by atoms with Crippen LogP contribution in [0.25, 0.3) is 6.08 Å². The molecule has 0 aliphatic rings. The number of halogens is 5. The van der Waals surface area contributed by atoms with Crippen LogP contribution in [0.15, 0.2) is 48.5 Å². The summed E-state index contributed by atoms with van der Waals surface area (Å²) in [6, 6.07) is 9.73. The molecular formula is C17H12ClF4NO3. The fraction of sp³-hybridized carbons (Fsp3) is 0.118. The van der Waals surface area contributed by atoms with Gasteiger partial charge < -0.3 is 14.8 Å². The second-order valence-electron chi connectivity index (χ2n) is 4.76. The number of carbonyl (C=O) groups is 1. The number of ether oxygens (including phenoxy) is 2. The van der Waals surface area contributed by atoms with Gasteiger partial charge >= 0.3 is 13.2 Å². The van der Waals surface area contributed by atoms with Gasteiger partial charge in [0.2, 0.25) is 5.91 Å². The molecule has 0 aliphatic carbocycles. The number of benzene rings is 2. The second-order valence-corrected chi connectivity index (χ2v) is 5.17. The van der Waals surface area contributed by atoms with E-state index in [2.05, 4.69) is 14.8 Å². The van der Waals surface area contributed by atoms with Crippen molar-refractivity contribution >= 4 is 29.3 Å². The first kappa shape index (κ1) is 19.6. The van der Waals surface area contributed by atoms with Gasteiger partial charge in [0.1, 0.15) is 11.5 Å². The SMILES string of the molecule is O=C(/C=C/c1ccc(OC(F)F)cc1OC(F)F)Nc1ccccc1Cl. The van der Waals surface area contributed by atoms with Gasteiger partial charge in [0.05, 0.1) is 10.7 Å². The first-order valence-corrected chi connectivity index (χ1v) is 7.50. The topological polar surface area (TPSA) is 47.6 Å². The lowest BCUT2D eigenvalue weighted by Crippen LogP contribution is -2.08. The number of carbonyl (C=O) groups excluding carboxylic acids is 1. The number of para-hydroxylation sites is 1. The average molecular weight is 390 g/mol. The number of anilines is 1. The highest BCUT2D eigenvalue weighted by Gasteiger charge is 2.12. The van der Waals surface area contributed by atoms with Crippen LogP contribution in [0, 0.1) is 0 Å². The zero-order chi connectivity index (χ0) is 19.1. The molecule has 1 N–H and O–H groups in total. The molecule has 0 spiro atoms. The normalized spacial score (nSPS) is 11.2. The van der Waals surface area contributed by atoms with Crippen molar-refractivity contribution in [1.82, 2.24) is 0 Å². The molecule has 4 nitrogen and oxygen atoms in total. The molecule has 0 bridgehead atoms. The van der Waals surface area contributed by atoms with Gasteiger partial charge in [-0.15, -0.1) is 0 Å². The number of hydrogen-bond donors (Lipinski definition) is 1. The number of alkyl halides is 4. The van der Waals surface area contributed by atoms with Crippen LogP contribution in [0.5, 0.6) is 11.5 Å². The Bertz CT molecular complexity index is 799. The Labute approximate surface area is 151 Å². The third-order valence-corrected chi connectivity index (χ3v) is 3.30. The smallest absolute Gasteiger partial charge is 0.387 e. The molecule has 9 heteroatoms. The van der Waals surface area contributed by atoms with E-state index in [-0.39, 0.29) is 11.3 Å². The van der Waals surface area contributed by atoms with E-state index < -0.39 is 24.9 Å². The van der Waals surface area contributed by atoms with Gasteiger partial charge in [-0.3, -0.25) is 4.79 Å². The van der Waals surface area contributed by atoms with Crippen LogP contribution in [0.1, 0.15) is 5.56 Å². The Morgan fingerprint density at radius 2 is 1.73 bits per heavy atom. The fourth-order valence-corrected chi connectivity index (χ4v) is 2.11. The lowest BCUT2D eigenvalue weighted by molar-refractivity contribution is -0.111. The van der Waals surface area contributed by atoms with Crippen molar-refractivity contribution in [2.75, 3.05) is 5.32 Å². The number of rotatable bonds is 7. The summed E-state index contributed by atoms with van der Waals surface area (Å²) in [6.07, 6.45) is 2.25. The quantitative estimate of drug-likeness (QED) is 0.523. The minimum Gasteiger partial charge on any atom is -0.435 e. The molecule has 0 fully saturated rings. The predicted molar refractivity (Wildman–Crippen MR) is 88.8 cm³/mol. The van der Waals surface area contributed by atoms with E-state index >= 15 is 0 Å². The van der Waals surface area contributed by atoms with E-state index in [4.69, 9.17) is 11.6 Å². The maximum absolute atomic E-state index is 12.5. The minimum atomic E-state index is -3.18. The summed E-state index contributed by atoms with van der Waals surface area (Å²) in [5.74, 6) is -1.35. The van der Waals surface area contributed by atoms with Gasteiger partial charge in [-0.1, -0.05) is 23.7 Å². The van der Waals surface area contributed by atoms with Crippen LogP contribution >= 0.6 is 11.6 Å². The van der Waals surface area contributed by atoms with E-state index in [0.29, 0.717) is 10.7 Å². The molecule has 0 atom stereocenters. The number of hydrogen-bond acceptors (Lipinski definition) is 3. The van der Waals surface area contributed by atoms with Crippen LogP contribution in [0.2, 0.25) is 5.02 Å². The largest absolute Gasteiger partial charge is 0.435 e. The fourth-order valence-electron chi connectivity index (χ4n) is 1.93. The van der Waals surface area contributed by atoms with Gasteiger partial charge in [0.25, 0.3) is 0 Å². The Kier molecular flexibility index (Phi) is 6.85. The van der Waals surface area contributed by atoms with Crippen molar-refractivity contribution in [3.05, 3.63) is 59.1 Å². The molecular weight excluding hydrogens is 378 g/mol. The third-order valence-electron chi connectivity index (χ3n) is 2.97. The summed E-state index contributed by atoms with van der Waals surface area (Å²) in [4.78, 5) is 11.9. The molecule has 0 radical (unpaired) electrons. The molecule has 2 rings (SSSR count). The van der Waals surface area contributed by atoms with Crippen molar-refractivity contribution in [3.63, 3.8) is 0 Å². The first-order chi connectivity index (χ1) is 12.3. The van der Waals surface area contributed by atoms with Gasteiger partial charge in [-0.25, -0.2) is 0 Å². The molecule has 2 aromatic carbocycles. The molecule has 0 heterocycles. The maximum atomic E-state index is 12.5. The van der Waals surface area contributed by atoms with Crippen LogP contribution in [-0.4, -0.2) is 19.1 Å². The van der Waals surface area contributed by atoms with E-state index in [1.165, 1.54) is 12.1 Å². The Balaban J connectivity index is 2.17. The van der Waals surface area contributed by atoms with E-state index in [1.54, 1.807) is 24.3 Å². The molecule has 0 unspecified atom stereocenters. The van der Waals surface area contributed by atoms with E-state index in [9.17, 15) is 22.4 Å². The highest BCUT2D eigenvalue weighted by atomic mass is 35.5. The maximum Gasteiger partial charge on any atom is 0.387 e. The van der Waals surface area contributed by atoms with Gasteiger partial charge in [0, 0.05) is 17.7 Å². The summed E-state index contributed by atoms with van der Waals surface area (Å²) in [5, 5.41) is 2.83. The standard InChI is InChI=1S/C17H12ClF4NO3/c18-12-3-1-2-4-13(12)23-15(24)8-6-10-5-7-11(25-16(19)20)9-14(10)26-17(21)22/h1-9,16-17H,(H,23,24)/b8-6+. The van der Waals surface area contributed by atoms with Gasteiger partial charge in [0.15, 0.2) is 0 Å². The van der Waals surface area contributed by atoms with Crippen LogP contribution in [0.3, 0.4) is 0 Å². The number of amides is 1. The van der Waals surface area contributed by atoms with E-state index in [0.717, 1.165) is 18.2 Å². The first-order valence-electron chi connectivity index (χ1n) is 7.12. The number of nitrogens with one attached hydrogen (secondary N) is 1. The predicted octanol–water partition coefficient (Wildman–Crippen LogP) is 5.19. The van der Waals surface area contributed by atoms with Crippen LogP contribution < -0.4 is 14.8 Å². The summed E-state index contributed by atoms with van der Waals surface area (Å²) >= 11 is 5.91. The average Bonchev–Trinajstić information content (AvgIpc) is 2.55. The molecule has 0 saturated carbocycles. The van der Waals surface area contributed by atoms with Crippen molar-refractivity contribution in [2.24, 2.45) is 0 Å². The summed E-state index contributed by atoms with van der Waals surface area (Å²) in [6.45, 7) is -6.29.